The number of phenols is 1. The van der Waals surface area contributed by atoms with Crippen molar-refractivity contribution in [1.82, 2.24) is 0 Å². The minimum atomic E-state index is -1.24. The molecular weight excluding hydrogens is 280 g/mol. The van der Waals surface area contributed by atoms with Crippen LogP contribution in [0.5, 0.6) is 5.75 Å². The summed E-state index contributed by atoms with van der Waals surface area (Å²) in [4.78, 5) is 12.3. The minimum absolute atomic E-state index is 0.164. The summed E-state index contributed by atoms with van der Waals surface area (Å²) >= 11 is 0. The fourth-order valence-corrected chi connectivity index (χ4v) is 2.93. The van der Waals surface area contributed by atoms with Gasteiger partial charge in [-0.3, -0.25) is 0 Å². The zero-order valence-electron chi connectivity index (χ0n) is 11.5. The van der Waals surface area contributed by atoms with Crippen LogP contribution in [0.2, 0.25) is 0 Å². The number of carbonyl (C=O) groups is 1. The minimum Gasteiger partial charge on any atom is -0.508 e. The maximum atomic E-state index is 12.3. The largest absolute Gasteiger partial charge is 0.508 e. The molecule has 1 aliphatic rings. The van der Waals surface area contributed by atoms with Gasteiger partial charge in [0.2, 0.25) is 6.29 Å². The number of hydrogen-bond donors (Lipinski definition) is 2. The number of rotatable bonds is 1. The first kappa shape index (κ1) is 12.9. The highest BCUT2D eigenvalue weighted by Crippen LogP contribution is 2.39. The fourth-order valence-electron chi connectivity index (χ4n) is 2.93. The van der Waals surface area contributed by atoms with Crippen LogP contribution < -0.4 is 0 Å². The number of benzene rings is 3. The van der Waals surface area contributed by atoms with Crippen molar-refractivity contribution < 1.29 is 19.7 Å². The van der Waals surface area contributed by atoms with E-state index < -0.39 is 12.3 Å². The van der Waals surface area contributed by atoms with E-state index in [1.807, 2.05) is 24.3 Å². The normalized spacial score (nSPS) is 16.6. The highest BCUT2D eigenvalue weighted by molar-refractivity contribution is 6.12. The summed E-state index contributed by atoms with van der Waals surface area (Å²) in [6, 6.07) is 15.9. The molecule has 0 amide bonds. The number of phenolic OH excluding ortho intramolecular Hbond substituents is 1. The monoisotopic (exact) mass is 292 g/mol. The van der Waals surface area contributed by atoms with Crippen LogP contribution in [0, 0.1) is 0 Å². The van der Waals surface area contributed by atoms with Crippen LogP contribution in [0.4, 0.5) is 0 Å². The molecule has 3 aromatic rings. The molecule has 4 nitrogen and oxygen atoms in total. The number of aliphatic hydroxyl groups is 1. The number of hydrogen-bond acceptors (Lipinski definition) is 4. The van der Waals surface area contributed by atoms with Gasteiger partial charge in [-0.2, -0.15) is 0 Å². The zero-order chi connectivity index (χ0) is 15.3. The summed E-state index contributed by atoms with van der Waals surface area (Å²) in [7, 11) is 0. The van der Waals surface area contributed by atoms with Crippen molar-refractivity contribution in [3.63, 3.8) is 0 Å². The van der Waals surface area contributed by atoms with Crippen molar-refractivity contribution in [2.24, 2.45) is 0 Å². The van der Waals surface area contributed by atoms with Gasteiger partial charge in [0, 0.05) is 10.9 Å². The number of esters is 1. The summed E-state index contributed by atoms with van der Waals surface area (Å²) in [5.74, 6) is -0.378. The molecule has 1 atom stereocenters. The first-order valence-electron chi connectivity index (χ1n) is 6.89. The summed E-state index contributed by atoms with van der Waals surface area (Å²) in [5, 5.41) is 21.0. The van der Waals surface area contributed by atoms with Crippen LogP contribution in [0.15, 0.2) is 54.6 Å². The van der Waals surface area contributed by atoms with Gasteiger partial charge in [0.15, 0.2) is 0 Å². The molecule has 0 saturated heterocycles. The number of ether oxygens (including phenoxy) is 1. The Hall–Kier alpha value is -2.85. The highest BCUT2D eigenvalue weighted by atomic mass is 16.6. The van der Waals surface area contributed by atoms with Crippen molar-refractivity contribution in [2.75, 3.05) is 0 Å². The Kier molecular flexibility index (Phi) is 2.68. The Morgan fingerprint density at radius 3 is 2.50 bits per heavy atom. The van der Waals surface area contributed by atoms with Gasteiger partial charge in [-0.1, -0.05) is 42.5 Å². The van der Waals surface area contributed by atoms with E-state index in [2.05, 4.69) is 0 Å². The molecule has 2 N–H and O–H groups in total. The second kappa shape index (κ2) is 4.58. The van der Waals surface area contributed by atoms with E-state index >= 15 is 0 Å². The Bertz CT molecular complexity index is 897. The third-order valence-corrected chi connectivity index (χ3v) is 3.94. The molecule has 0 saturated carbocycles. The molecular formula is C18H12O4. The summed E-state index contributed by atoms with van der Waals surface area (Å²) < 4.78 is 5.06. The molecule has 0 fully saturated rings. The van der Waals surface area contributed by atoms with Gasteiger partial charge in [0.05, 0.1) is 5.56 Å². The van der Waals surface area contributed by atoms with Crippen LogP contribution >= 0.6 is 0 Å². The topological polar surface area (TPSA) is 66.8 Å². The summed E-state index contributed by atoms with van der Waals surface area (Å²) in [6.07, 6.45) is -1.24. The van der Waals surface area contributed by atoms with E-state index in [1.165, 1.54) is 0 Å². The lowest BCUT2D eigenvalue weighted by Crippen LogP contribution is -2.18. The van der Waals surface area contributed by atoms with Crippen LogP contribution in [0.3, 0.4) is 0 Å². The van der Waals surface area contributed by atoms with Crippen molar-refractivity contribution in [3.8, 4) is 16.9 Å². The van der Waals surface area contributed by atoms with E-state index in [9.17, 15) is 15.0 Å². The zero-order valence-corrected chi connectivity index (χ0v) is 11.5. The molecule has 108 valence electrons. The molecule has 22 heavy (non-hydrogen) atoms. The van der Waals surface area contributed by atoms with E-state index in [-0.39, 0.29) is 5.75 Å². The Labute approximate surface area is 126 Å². The lowest BCUT2D eigenvalue weighted by molar-refractivity contribution is -0.0685. The summed E-state index contributed by atoms with van der Waals surface area (Å²) in [5.41, 5.74) is 2.56. The van der Waals surface area contributed by atoms with Gasteiger partial charge in [0.1, 0.15) is 5.75 Å². The van der Waals surface area contributed by atoms with Gasteiger partial charge in [-0.25, -0.2) is 4.79 Å². The second-order valence-corrected chi connectivity index (χ2v) is 5.24. The third kappa shape index (κ3) is 1.78. The molecule has 0 bridgehead atoms. The van der Waals surface area contributed by atoms with Gasteiger partial charge >= 0.3 is 5.97 Å². The Balaban J connectivity index is 2.08. The molecule has 4 rings (SSSR count). The Morgan fingerprint density at radius 1 is 0.955 bits per heavy atom. The second-order valence-electron chi connectivity index (χ2n) is 5.24. The fraction of sp³-hybridized carbons (Fsp3) is 0.0556. The predicted octanol–water partition coefficient (Wildman–Crippen LogP) is 3.37. The number of cyclic esters (lactones) is 1. The van der Waals surface area contributed by atoms with Crippen molar-refractivity contribution in [3.05, 3.63) is 65.7 Å². The smallest absolute Gasteiger partial charge is 0.341 e. The van der Waals surface area contributed by atoms with Crippen LogP contribution in [0.25, 0.3) is 21.9 Å². The van der Waals surface area contributed by atoms with Crippen molar-refractivity contribution >= 4 is 16.7 Å². The van der Waals surface area contributed by atoms with E-state index in [4.69, 9.17) is 4.74 Å². The van der Waals surface area contributed by atoms with Crippen LogP contribution in [-0.2, 0) is 4.74 Å². The summed E-state index contributed by atoms with van der Waals surface area (Å²) in [6.45, 7) is 0. The molecule has 0 radical (unpaired) electrons. The number of aliphatic hydroxyl groups excluding tert-OH is 1. The van der Waals surface area contributed by atoms with Crippen LogP contribution in [-0.4, -0.2) is 16.2 Å². The number of carbonyl (C=O) groups excluding carboxylic acids is 1. The first-order valence-corrected chi connectivity index (χ1v) is 6.89. The molecule has 0 spiro atoms. The molecule has 1 aliphatic heterocycles. The molecule has 0 aliphatic carbocycles. The molecule has 1 unspecified atom stereocenters. The molecule has 3 aromatic carbocycles. The van der Waals surface area contributed by atoms with Gasteiger partial charge in [-0.15, -0.1) is 0 Å². The average Bonchev–Trinajstić information content (AvgIpc) is 2.53. The van der Waals surface area contributed by atoms with Crippen LogP contribution in [0.1, 0.15) is 22.2 Å². The molecule has 0 aromatic heterocycles. The van der Waals surface area contributed by atoms with E-state index in [0.717, 1.165) is 21.9 Å². The van der Waals surface area contributed by atoms with Crippen molar-refractivity contribution in [1.29, 1.82) is 0 Å². The van der Waals surface area contributed by atoms with Gasteiger partial charge < -0.3 is 14.9 Å². The average molecular weight is 292 g/mol. The highest BCUT2D eigenvalue weighted by Gasteiger charge is 2.29. The molecule has 4 heteroatoms. The maximum absolute atomic E-state index is 12.3. The third-order valence-electron chi connectivity index (χ3n) is 3.94. The SMILES string of the molecule is O=C1OC(O)c2cccc3ccc(-c4ccc(O)cc4)c1c23. The van der Waals surface area contributed by atoms with E-state index in [0.29, 0.717) is 11.1 Å². The lowest BCUT2D eigenvalue weighted by Gasteiger charge is -2.23. The van der Waals surface area contributed by atoms with Gasteiger partial charge in [0.25, 0.3) is 0 Å². The lowest BCUT2D eigenvalue weighted by atomic mass is 9.90. The van der Waals surface area contributed by atoms with E-state index in [1.54, 1.807) is 30.3 Å². The van der Waals surface area contributed by atoms with Crippen molar-refractivity contribution in [2.45, 2.75) is 6.29 Å². The molecule has 1 heterocycles. The predicted molar refractivity (Wildman–Crippen MR) is 81.4 cm³/mol. The first-order chi connectivity index (χ1) is 10.6. The maximum Gasteiger partial charge on any atom is 0.341 e. The number of aromatic hydroxyl groups is 1. The quantitative estimate of drug-likeness (QED) is 0.675. The standard InChI is InChI=1S/C18H12O4/c19-12-7-4-10(5-8-12)13-9-6-11-2-1-3-14-15(11)16(13)18(21)22-17(14)20/h1-9,17,19-20H. The Morgan fingerprint density at radius 2 is 1.73 bits per heavy atom. The van der Waals surface area contributed by atoms with Gasteiger partial charge in [-0.05, 0) is 28.6 Å².